The van der Waals surface area contributed by atoms with Crippen LogP contribution in [0.5, 0.6) is 11.5 Å². The van der Waals surface area contributed by atoms with E-state index in [1.807, 2.05) is 83.8 Å². The van der Waals surface area contributed by atoms with Gasteiger partial charge in [0.25, 0.3) is 0 Å². The minimum Gasteiger partial charge on any atom is -0.493 e. The van der Waals surface area contributed by atoms with Crippen molar-refractivity contribution in [3.63, 3.8) is 0 Å². The number of ether oxygens (including phenoxy) is 2. The van der Waals surface area contributed by atoms with Crippen LogP contribution in [0.4, 0.5) is 5.69 Å². The number of para-hydroxylation sites is 2. The molecule has 0 spiro atoms. The summed E-state index contributed by atoms with van der Waals surface area (Å²) in [5.74, 6) is 2.17. The van der Waals surface area contributed by atoms with E-state index < -0.39 is 0 Å². The maximum atomic E-state index is 13.3. The Morgan fingerprint density at radius 1 is 0.886 bits per heavy atom. The number of carbonyl (C=O) groups excluding carboxylic acids is 1. The highest BCUT2D eigenvalue weighted by molar-refractivity contribution is 5.93. The Morgan fingerprint density at radius 2 is 1.60 bits per heavy atom. The molecule has 0 fully saturated rings. The van der Waals surface area contributed by atoms with Crippen LogP contribution in [0.25, 0.3) is 5.69 Å². The maximum Gasteiger partial charge on any atom is 0.227 e. The highest BCUT2D eigenvalue weighted by Gasteiger charge is 2.17. The lowest BCUT2D eigenvalue weighted by Gasteiger charge is -2.23. The summed E-state index contributed by atoms with van der Waals surface area (Å²) in [6, 6.07) is 25.4. The minimum atomic E-state index is 0.0652. The molecule has 8 heteroatoms. The van der Waals surface area contributed by atoms with Crippen molar-refractivity contribution in [1.82, 2.24) is 20.2 Å². The van der Waals surface area contributed by atoms with Crippen molar-refractivity contribution in [3.05, 3.63) is 90.3 Å². The highest BCUT2D eigenvalue weighted by Crippen LogP contribution is 2.28. The van der Waals surface area contributed by atoms with Gasteiger partial charge in [-0.3, -0.25) is 4.79 Å². The number of anilines is 1. The molecule has 0 aliphatic carbocycles. The molecule has 8 nitrogen and oxygen atoms in total. The molecule has 0 bridgehead atoms. The van der Waals surface area contributed by atoms with Crippen LogP contribution in [-0.2, 0) is 17.6 Å². The number of amides is 1. The van der Waals surface area contributed by atoms with E-state index in [9.17, 15) is 4.79 Å². The summed E-state index contributed by atoms with van der Waals surface area (Å²) in [6.07, 6.45) is 2.33. The number of nitrogens with zero attached hydrogens (tertiary/aromatic N) is 5. The minimum absolute atomic E-state index is 0.0652. The van der Waals surface area contributed by atoms with Crippen LogP contribution in [0.3, 0.4) is 0 Å². The van der Waals surface area contributed by atoms with E-state index in [0.717, 1.165) is 22.8 Å². The first-order valence-corrected chi connectivity index (χ1v) is 11.6. The molecule has 0 aliphatic heterocycles. The molecule has 0 saturated heterocycles. The van der Waals surface area contributed by atoms with E-state index in [0.29, 0.717) is 43.7 Å². The molecule has 0 unspecified atom stereocenters. The fourth-order valence-corrected chi connectivity index (χ4v) is 3.95. The normalized spacial score (nSPS) is 10.7. The Labute approximate surface area is 205 Å². The molecule has 0 aliphatic rings. The van der Waals surface area contributed by atoms with Gasteiger partial charge in [-0.15, -0.1) is 5.10 Å². The summed E-state index contributed by atoms with van der Waals surface area (Å²) < 4.78 is 12.5. The number of hydrogen-bond acceptors (Lipinski definition) is 6. The van der Waals surface area contributed by atoms with Crippen LogP contribution in [0.1, 0.15) is 24.2 Å². The lowest BCUT2D eigenvalue weighted by Crippen LogP contribution is -2.32. The smallest absolute Gasteiger partial charge is 0.227 e. The number of benzene rings is 3. The number of aromatic nitrogens is 4. The molecule has 0 atom stereocenters. The summed E-state index contributed by atoms with van der Waals surface area (Å²) in [7, 11) is 3.24. The van der Waals surface area contributed by atoms with Gasteiger partial charge in [-0.1, -0.05) is 42.5 Å². The highest BCUT2D eigenvalue weighted by atomic mass is 16.5. The molecule has 0 N–H and O–H groups in total. The third kappa shape index (κ3) is 6.03. The van der Waals surface area contributed by atoms with Crippen LogP contribution in [-0.4, -0.2) is 46.9 Å². The fourth-order valence-electron chi connectivity index (χ4n) is 3.95. The Hall–Kier alpha value is -4.20. The van der Waals surface area contributed by atoms with Crippen molar-refractivity contribution in [1.29, 1.82) is 0 Å². The second-order valence-corrected chi connectivity index (χ2v) is 8.02. The first-order chi connectivity index (χ1) is 17.2. The van der Waals surface area contributed by atoms with E-state index in [4.69, 9.17) is 9.47 Å². The molecule has 1 amide bonds. The maximum absolute atomic E-state index is 13.3. The van der Waals surface area contributed by atoms with Gasteiger partial charge in [0.1, 0.15) is 0 Å². The van der Waals surface area contributed by atoms with Crippen molar-refractivity contribution in [3.8, 4) is 17.2 Å². The first kappa shape index (κ1) is 23.9. The average molecular weight is 472 g/mol. The Bertz CT molecular complexity index is 1230. The Kier molecular flexibility index (Phi) is 8.06. The van der Waals surface area contributed by atoms with Crippen LogP contribution in [0.15, 0.2) is 78.9 Å². The topological polar surface area (TPSA) is 82.4 Å². The predicted molar refractivity (Wildman–Crippen MR) is 134 cm³/mol. The van der Waals surface area contributed by atoms with E-state index >= 15 is 0 Å². The van der Waals surface area contributed by atoms with Gasteiger partial charge in [0, 0.05) is 25.1 Å². The number of tetrazole rings is 1. The van der Waals surface area contributed by atoms with Crippen LogP contribution < -0.4 is 14.4 Å². The third-order valence-electron chi connectivity index (χ3n) is 5.77. The van der Waals surface area contributed by atoms with Gasteiger partial charge < -0.3 is 14.4 Å². The average Bonchev–Trinajstić information content (AvgIpc) is 3.38. The van der Waals surface area contributed by atoms with E-state index in [-0.39, 0.29) is 5.91 Å². The molecule has 3 aromatic carbocycles. The van der Waals surface area contributed by atoms with Crippen molar-refractivity contribution in [2.45, 2.75) is 25.7 Å². The Morgan fingerprint density at radius 3 is 2.31 bits per heavy atom. The Balaban J connectivity index is 1.41. The summed E-state index contributed by atoms with van der Waals surface area (Å²) in [5.41, 5.74) is 2.85. The molecule has 35 heavy (non-hydrogen) atoms. The zero-order valence-electron chi connectivity index (χ0n) is 20.0. The van der Waals surface area contributed by atoms with Crippen LogP contribution >= 0.6 is 0 Å². The van der Waals surface area contributed by atoms with Gasteiger partial charge in [-0.05, 0) is 65.2 Å². The van der Waals surface area contributed by atoms with Gasteiger partial charge in [0.05, 0.1) is 19.9 Å². The third-order valence-corrected chi connectivity index (χ3v) is 5.77. The van der Waals surface area contributed by atoms with Crippen molar-refractivity contribution < 1.29 is 14.3 Å². The lowest BCUT2D eigenvalue weighted by atomic mass is 10.1. The van der Waals surface area contributed by atoms with Gasteiger partial charge in [-0.25, -0.2) is 0 Å². The van der Waals surface area contributed by atoms with E-state index in [1.54, 1.807) is 18.9 Å². The number of carbonyl (C=O) groups is 1. The monoisotopic (exact) mass is 471 g/mol. The molecule has 0 saturated carbocycles. The zero-order chi connectivity index (χ0) is 24.5. The molecular weight excluding hydrogens is 442 g/mol. The van der Waals surface area contributed by atoms with Gasteiger partial charge >= 0.3 is 0 Å². The molecular formula is C27H29N5O3. The number of rotatable bonds is 11. The van der Waals surface area contributed by atoms with E-state index in [2.05, 4.69) is 15.5 Å². The summed E-state index contributed by atoms with van der Waals surface area (Å²) in [4.78, 5) is 15.1. The van der Waals surface area contributed by atoms with Gasteiger partial charge in [-0.2, -0.15) is 4.68 Å². The zero-order valence-corrected chi connectivity index (χ0v) is 20.0. The molecule has 1 heterocycles. The second kappa shape index (κ2) is 11.8. The van der Waals surface area contributed by atoms with Gasteiger partial charge in [0.2, 0.25) is 5.91 Å². The molecule has 1 aromatic heterocycles. The number of methoxy groups -OCH3 is 2. The molecule has 4 rings (SSSR count). The standard InChI is InChI=1S/C27H29N5O3/c1-34-24-17-16-21(20-25(24)35-2)18-19-31(22-10-5-3-6-11-22)27(33)15-9-14-26-28-29-30-32(26)23-12-7-4-8-13-23/h3-8,10-13,16-17,20H,9,14-15,18-19H2,1-2H3. The lowest BCUT2D eigenvalue weighted by molar-refractivity contribution is -0.118. The van der Waals surface area contributed by atoms with Crippen LogP contribution in [0.2, 0.25) is 0 Å². The first-order valence-electron chi connectivity index (χ1n) is 11.6. The SMILES string of the molecule is COc1ccc(CCN(C(=O)CCCc2nnnn2-c2ccccc2)c2ccccc2)cc1OC. The molecule has 180 valence electrons. The van der Waals surface area contributed by atoms with E-state index in [1.165, 1.54) is 0 Å². The van der Waals surface area contributed by atoms with Crippen molar-refractivity contribution in [2.75, 3.05) is 25.7 Å². The second-order valence-electron chi connectivity index (χ2n) is 8.02. The summed E-state index contributed by atoms with van der Waals surface area (Å²) in [5, 5.41) is 12.1. The fraction of sp³-hybridized carbons (Fsp3) is 0.259. The quantitative estimate of drug-likeness (QED) is 0.325. The summed E-state index contributed by atoms with van der Waals surface area (Å²) >= 11 is 0. The van der Waals surface area contributed by atoms with Gasteiger partial charge in [0.15, 0.2) is 17.3 Å². The number of hydrogen-bond donors (Lipinski definition) is 0. The molecule has 0 radical (unpaired) electrons. The summed E-state index contributed by atoms with van der Waals surface area (Å²) in [6.45, 7) is 0.556. The number of aryl methyl sites for hydroxylation is 1. The van der Waals surface area contributed by atoms with Crippen LogP contribution in [0, 0.1) is 0 Å². The predicted octanol–water partition coefficient (Wildman–Crippen LogP) is 4.28. The van der Waals surface area contributed by atoms with Crippen molar-refractivity contribution in [2.24, 2.45) is 0 Å². The van der Waals surface area contributed by atoms with Crippen molar-refractivity contribution >= 4 is 11.6 Å². The molecule has 4 aromatic rings. The largest absolute Gasteiger partial charge is 0.493 e.